The second-order valence-electron chi connectivity index (χ2n) is 4.82. The normalized spacial score (nSPS) is 24.2. The Labute approximate surface area is 115 Å². The average molecular weight is 283 g/mol. The molecule has 7 heteroatoms. The molecule has 1 heterocycles. The molecule has 1 fully saturated rings. The van der Waals surface area contributed by atoms with Gasteiger partial charge in [0.2, 0.25) is 5.71 Å². The number of aromatic nitrogens is 1. The van der Waals surface area contributed by atoms with Crippen molar-refractivity contribution in [3.63, 3.8) is 0 Å². The van der Waals surface area contributed by atoms with Gasteiger partial charge in [-0.25, -0.2) is 9.78 Å². The minimum absolute atomic E-state index is 0.00548. The Bertz CT molecular complexity index is 486. The van der Waals surface area contributed by atoms with Crippen molar-refractivity contribution in [2.45, 2.75) is 38.7 Å². The van der Waals surface area contributed by atoms with E-state index < -0.39 is 5.97 Å². The van der Waals surface area contributed by atoms with Crippen molar-refractivity contribution >= 4 is 28.1 Å². The molecule has 0 aliphatic heterocycles. The maximum atomic E-state index is 11.2. The lowest BCUT2D eigenvalue weighted by molar-refractivity contribution is -0.129. The van der Waals surface area contributed by atoms with Gasteiger partial charge in [0, 0.05) is 5.38 Å². The van der Waals surface area contributed by atoms with Crippen molar-refractivity contribution in [1.82, 2.24) is 4.98 Å². The number of carbonyl (C=O) groups is 1. The topological polar surface area (TPSA) is 97.8 Å². The SMILES string of the molecule is C[C@H]1CCC[C@@H](O/N=C(\C(=O)O)c2csc(N)n2)C1. The molecule has 0 saturated heterocycles. The van der Waals surface area contributed by atoms with Gasteiger partial charge in [-0.05, 0) is 25.2 Å². The van der Waals surface area contributed by atoms with Crippen LogP contribution in [0.4, 0.5) is 5.13 Å². The fraction of sp³-hybridized carbons (Fsp3) is 0.583. The zero-order valence-corrected chi connectivity index (χ0v) is 11.5. The van der Waals surface area contributed by atoms with Crippen LogP contribution in [0.3, 0.4) is 0 Å². The highest BCUT2D eigenvalue weighted by atomic mass is 32.1. The van der Waals surface area contributed by atoms with Crippen molar-refractivity contribution in [3.8, 4) is 0 Å². The number of nitrogens with zero attached hydrogens (tertiary/aromatic N) is 2. The molecule has 0 radical (unpaired) electrons. The Morgan fingerprint density at radius 2 is 2.42 bits per heavy atom. The molecule has 0 amide bonds. The van der Waals surface area contributed by atoms with Crippen LogP contribution < -0.4 is 5.73 Å². The van der Waals surface area contributed by atoms with Crippen LogP contribution in [0.15, 0.2) is 10.5 Å². The molecule has 19 heavy (non-hydrogen) atoms. The van der Waals surface area contributed by atoms with E-state index in [-0.39, 0.29) is 17.5 Å². The zero-order valence-electron chi connectivity index (χ0n) is 10.7. The number of hydrogen-bond donors (Lipinski definition) is 2. The van der Waals surface area contributed by atoms with E-state index in [2.05, 4.69) is 17.1 Å². The summed E-state index contributed by atoms with van der Waals surface area (Å²) < 4.78 is 0. The monoisotopic (exact) mass is 283 g/mol. The molecule has 1 aromatic rings. The second-order valence-corrected chi connectivity index (χ2v) is 5.70. The van der Waals surface area contributed by atoms with Gasteiger partial charge in [0.15, 0.2) is 5.13 Å². The van der Waals surface area contributed by atoms with Crippen LogP contribution in [-0.4, -0.2) is 27.9 Å². The van der Waals surface area contributed by atoms with Crippen molar-refractivity contribution in [2.24, 2.45) is 11.1 Å². The van der Waals surface area contributed by atoms with Crippen LogP contribution in [0, 0.1) is 5.92 Å². The number of carboxylic acids is 1. The summed E-state index contributed by atoms with van der Waals surface area (Å²) in [6, 6.07) is 0. The fourth-order valence-corrected chi connectivity index (χ4v) is 2.74. The highest BCUT2D eigenvalue weighted by molar-refractivity contribution is 7.13. The van der Waals surface area contributed by atoms with E-state index in [1.165, 1.54) is 17.8 Å². The minimum atomic E-state index is -1.16. The molecule has 3 N–H and O–H groups in total. The lowest BCUT2D eigenvalue weighted by Gasteiger charge is -2.24. The van der Waals surface area contributed by atoms with E-state index in [0.29, 0.717) is 11.0 Å². The van der Waals surface area contributed by atoms with E-state index in [0.717, 1.165) is 19.3 Å². The lowest BCUT2D eigenvalue weighted by atomic mass is 9.89. The molecule has 1 aromatic heterocycles. The molecule has 1 aliphatic rings. The van der Waals surface area contributed by atoms with Crippen molar-refractivity contribution < 1.29 is 14.7 Å². The summed E-state index contributed by atoms with van der Waals surface area (Å²) in [5.41, 5.74) is 5.55. The summed E-state index contributed by atoms with van der Waals surface area (Å²) in [5, 5.41) is 14.8. The number of nitrogens with two attached hydrogens (primary N) is 1. The Morgan fingerprint density at radius 3 is 3.00 bits per heavy atom. The van der Waals surface area contributed by atoms with E-state index in [4.69, 9.17) is 15.7 Å². The van der Waals surface area contributed by atoms with Crippen molar-refractivity contribution in [3.05, 3.63) is 11.1 Å². The number of nitrogen functional groups attached to an aromatic ring is 1. The quantitative estimate of drug-likeness (QED) is 0.651. The molecule has 2 atom stereocenters. The summed E-state index contributed by atoms with van der Waals surface area (Å²) in [6.45, 7) is 2.17. The van der Waals surface area contributed by atoms with Crippen molar-refractivity contribution in [2.75, 3.05) is 5.73 Å². The van der Waals surface area contributed by atoms with E-state index >= 15 is 0 Å². The molecule has 104 valence electrons. The van der Waals surface area contributed by atoms with Gasteiger partial charge in [0.1, 0.15) is 11.8 Å². The third-order valence-electron chi connectivity index (χ3n) is 3.15. The molecule has 0 aromatic carbocycles. The first-order chi connectivity index (χ1) is 9.06. The number of oxime groups is 1. The Morgan fingerprint density at radius 1 is 1.63 bits per heavy atom. The van der Waals surface area contributed by atoms with Crippen LogP contribution in [0.25, 0.3) is 0 Å². The van der Waals surface area contributed by atoms with Crippen LogP contribution in [0.2, 0.25) is 0 Å². The lowest BCUT2D eigenvalue weighted by Crippen LogP contribution is -2.22. The van der Waals surface area contributed by atoms with Gasteiger partial charge in [-0.2, -0.15) is 0 Å². The smallest absolute Gasteiger partial charge is 0.360 e. The maximum Gasteiger partial charge on any atom is 0.360 e. The first-order valence-electron chi connectivity index (χ1n) is 6.24. The van der Waals surface area contributed by atoms with Crippen LogP contribution in [-0.2, 0) is 9.63 Å². The van der Waals surface area contributed by atoms with Gasteiger partial charge in [-0.1, -0.05) is 18.5 Å². The highest BCUT2D eigenvalue weighted by Crippen LogP contribution is 2.26. The van der Waals surface area contributed by atoms with Crippen LogP contribution in [0.1, 0.15) is 38.3 Å². The van der Waals surface area contributed by atoms with Gasteiger partial charge in [0.25, 0.3) is 0 Å². The number of carboxylic acid groups (broad SMARTS) is 1. The van der Waals surface area contributed by atoms with Crippen LogP contribution in [0.5, 0.6) is 0 Å². The average Bonchev–Trinajstić information content (AvgIpc) is 2.76. The van der Waals surface area contributed by atoms with E-state index in [9.17, 15) is 4.79 Å². The molecule has 0 bridgehead atoms. The molecular formula is C12H17N3O3S. The number of thiazole rings is 1. The predicted molar refractivity (Wildman–Crippen MR) is 73.2 cm³/mol. The largest absolute Gasteiger partial charge is 0.476 e. The first-order valence-corrected chi connectivity index (χ1v) is 7.12. The summed E-state index contributed by atoms with van der Waals surface area (Å²) in [6.07, 6.45) is 4.11. The maximum absolute atomic E-state index is 11.2. The van der Waals surface area contributed by atoms with Crippen molar-refractivity contribution in [1.29, 1.82) is 0 Å². The zero-order chi connectivity index (χ0) is 13.8. The number of aliphatic carboxylic acids is 1. The van der Waals surface area contributed by atoms with Crippen LogP contribution >= 0.6 is 11.3 Å². The molecule has 1 saturated carbocycles. The third-order valence-corrected chi connectivity index (χ3v) is 3.82. The Kier molecular flexibility index (Phi) is 4.36. The third kappa shape index (κ3) is 3.66. The molecule has 0 unspecified atom stereocenters. The predicted octanol–water partition coefficient (Wildman–Crippen LogP) is 2.11. The number of anilines is 1. The minimum Gasteiger partial charge on any atom is -0.476 e. The molecule has 6 nitrogen and oxygen atoms in total. The molecule has 0 spiro atoms. The van der Waals surface area contributed by atoms with Gasteiger partial charge in [0.05, 0.1) is 0 Å². The Balaban J connectivity index is 2.07. The van der Waals surface area contributed by atoms with Gasteiger partial charge < -0.3 is 15.7 Å². The number of rotatable bonds is 4. The van der Waals surface area contributed by atoms with Gasteiger partial charge in [-0.15, -0.1) is 11.3 Å². The molecule has 2 rings (SSSR count). The fourth-order valence-electron chi connectivity index (χ4n) is 2.19. The van der Waals surface area contributed by atoms with E-state index in [1.807, 2.05) is 0 Å². The highest BCUT2D eigenvalue weighted by Gasteiger charge is 2.22. The Hall–Kier alpha value is -1.63. The molecular weight excluding hydrogens is 266 g/mol. The summed E-state index contributed by atoms with van der Waals surface area (Å²) in [7, 11) is 0. The molecule has 1 aliphatic carbocycles. The second kappa shape index (κ2) is 6.01. The number of hydrogen-bond acceptors (Lipinski definition) is 6. The summed E-state index contributed by atoms with van der Waals surface area (Å²) in [5.74, 6) is -0.564. The standard InChI is InChI=1S/C12H17N3O3S/c1-7-3-2-4-8(5-7)18-15-10(11(16)17)9-6-19-12(13)14-9/h6-8H,2-5H2,1H3,(H2,13,14)(H,16,17)/b15-10-/t7-,8+/m0/s1. The van der Waals surface area contributed by atoms with Gasteiger partial charge in [-0.3, -0.25) is 0 Å². The first kappa shape index (κ1) is 13.8. The summed E-state index contributed by atoms with van der Waals surface area (Å²) >= 11 is 1.18. The summed E-state index contributed by atoms with van der Waals surface area (Å²) in [4.78, 5) is 20.4. The van der Waals surface area contributed by atoms with Gasteiger partial charge >= 0.3 is 5.97 Å². The van der Waals surface area contributed by atoms with E-state index in [1.54, 1.807) is 5.38 Å².